The number of halogens is 2. The van der Waals surface area contributed by atoms with E-state index in [1.807, 2.05) is 0 Å². The van der Waals surface area contributed by atoms with E-state index < -0.39 is 10.0 Å². The zero-order valence-electron chi connectivity index (χ0n) is 13.1. The van der Waals surface area contributed by atoms with E-state index in [-0.39, 0.29) is 16.3 Å². The van der Waals surface area contributed by atoms with Gasteiger partial charge in [0.15, 0.2) is 0 Å². The second-order valence-electron chi connectivity index (χ2n) is 4.59. The van der Waals surface area contributed by atoms with Crippen LogP contribution < -0.4 is 18.9 Å². The van der Waals surface area contributed by atoms with Gasteiger partial charge in [0, 0.05) is 12.1 Å². The van der Waals surface area contributed by atoms with Gasteiger partial charge < -0.3 is 14.2 Å². The summed E-state index contributed by atoms with van der Waals surface area (Å²) in [6.45, 7) is 0. The Kier molecular flexibility index (Phi) is 5.84. The van der Waals surface area contributed by atoms with Crippen molar-refractivity contribution in [2.75, 3.05) is 26.1 Å². The van der Waals surface area contributed by atoms with Gasteiger partial charge in [0.25, 0.3) is 10.0 Å². The van der Waals surface area contributed by atoms with E-state index in [0.717, 1.165) is 0 Å². The second-order valence-corrected chi connectivity index (χ2v) is 7.53. The molecule has 0 aliphatic rings. The number of hydrogen-bond donors (Lipinski definition) is 1. The van der Waals surface area contributed by atoms with Gasteiger partial charge >= 0.3 is 0 Å². The van der Waals surface area contributed by atoms with Crippen molar-refractivity contribution in [1.29, 1.82) is 0 Å². The Morgan fingerprint density at radius 3 is 2.12 bits per heavy atom. The normalized spacial score (nSPS) is 11.0. The number of hydrogen-bond acceptors (Lipinski definition) is 5. The molecule has 0 aliphatic carbocycles. The maximum Gasteiger partial charge on any atom is 0.262 e. The van der Waals surface area contributed by atoms with E-state index in [2.05, 4.69) is 20.7 Å². The fourth-order valence-corrected chi connectivity index (χ4v) is 3.97. The molecule has 0 amide bonds. The molecule has 0 aliphatic heterocycles. The summed E-state index contributed by atoms with van der Waals surface area (Å²) < 4.78 is 43.6. The van der Waals surface area contributed by atoms with Crippen molar-refractivity contribution in [3.63, 3.8) is 0 Å². The minimum absolute atomic E-state index is 0.0612. The lowest BCUT2D eigenvalue weighted by molar-refractivity contribution is 0.405. The summed E-state index contributed by atoms with van der Waals surface area (Å²) in [5.41, 5.74) is 0.214. The van der Waals surface area contributed by atoms with Crippen LogP contribution in [-0.2, 0) is 10.0 Å². The average Bonchev–Trinajstić information content (AvgIpc) is 2.55. The van der Waals surface area contributed by atoms with Crippen LogP contribution in [0.2, 0.25) is 5.02 Å². The van der Waals surface area contributed by atoms with E-state index in [4.69, 9.17) is 25.8 Å². The Morgan fingerprint density at radius 2 is 1.58 bits per heavy atom. The highest BCUT2D eigenvalue weighted by Crippen LogP contribution is 2.37. The maximum absolute atomic E-state index is 12.6. The Bertz CT molecular complexity index is 857. The van der Waals surface area contributed by atoms with Gasteiger partial charge in [0.05, 0.1) is 41.4 Å². The van der Waals surface area contributed by atoms with Crippen molar-refractivity contribution < 1.29 is 22.6 Å². The fraction of sp³-hybridized carbons (Fsp3) is 0.200. The molecule has 2 aromatic rings. The second kappa shape index (κ2) is 7.50. The summed E-state index contributed by atoms with van der Waals surface area (Å²) in [5, 5.41) is 0.310. The summed E-state index contributed by atoms with van der Waals surface area (Å²) in [7, 11) is 0.506. The number of rotatable bonds is 6. The van der Waals surface area contributed by atoms with Gasteiger partial charge in [-0.25, -0.2) is 8.42 Å². The first kappa shape index (κ1) is 18.7. The van der Waals surface area contributed by atoms with Gasteiger partial charge in [0.1, 0.15) is 17.2 Å². The predicted octanol–water partition coefficient (Wildman–Crippen LogP) is 3.93. The third-order valence-electron chi connectivity index (χ3n) is 3.15. The van der Waals surface area contributed by atoms with Crippen molar-refractivity contribution in [3.05, 3.63) is 39.8 Å². The number of benzene rings is 2. The van der Waals surface area contributed by atoms with E-state index in [9.17, 15) is 8.42 Å². The lowest BCUT2D eigenvalue weighted by atomic mass is 10.3. The third-order valence-corrected chi connectivity index (χ3v) is 5.43. The minimum Gasteiger partial charge on any atom is -0.496 e. The molecule has 0 radical (unpaired) electrons. The number of methoxy groups -OCH3 is 3. The third kappa shape index (κ3) is 3.88. The zero-order valence-corrected chi connectivity index (χ0v) is 16.3. The number of nitrogens with one attached hydrogen (secondary N) is 1. The minimum atomic E-state index is -3.85. The largest absolute Gasteiger partial charge is 0.496 e. The first-order valence-electron chi connectivity index (χ1n) is 6.60. The van der Waals surface area contributed by atoms with Crippen LogP contribution in [0.3, 0.4) is 0 Å². The van der Waals surface area contributed by atoms with Crippen molar-refractivity contribution in [2.45, 2.75) is 4.90 Å². The van der Waals surface area contributed by atoms with Crippen LogP contribution in [0.25, 0.3) is 0 Å². The summed E-state index contributed by atoms with van der Waals surface area (Å²) in [6.07, 6.45) is 0. The SMILES string of the molecule is COc1cc(NS(=O)(=O)c2ccc(OC)c(Br)c2)c(OC)cc1Cl. The maximum atomic E-state index is 12.6. The van der Waals surface area contributed by atoms with Crippen LogP contribution >= 0.6 is 27.5 Å². The Balaban J connectivity index is 2.44. The number of ether oxygens (including phenoxy) is 3. The molecule has 0 aromatic heterocycles. The average molecular weight is 437 g/mol. The van der Waals surface area contributed by atoms with Gasteiger partial charge in [-0.3, -0.25) is 4.72 Å². The first-order chi connectivity index (χ1) is 11.3. The molecule has 2 rings (SSSR count). The van der Waals surface area contributed by atoms with Crippen molar-refractivity contribution in [3.8, 4) is 17.2 Å². The topological polar surface area (TPSA) is 73.9 Å². The van der Waals surface area contributed by atoms with E-state index in [1.54, 1.807) is 6.07 Å². The van der Waals surface area contributed by atoms with Crippen LogP contribution in [0.15, 0.2) is 39.7 Å². The lowest BCUT2D eigenvalue weighted by Gasteiger charge is -2.14. The van der Waals surface area contributed by atoms with Crippen molar-refractivity contribution >= 4 is 43.2 Å². The molecule has 24 heavy (non-hydrogen) atoms. The molecule has 0 saturated carbocycles. The fourth-order valence-electron chi connectivity index (χ4n) is 1.96. The molecule has 0 unspecified atom stereocenters. The predicted molar refractivity (Wildman–Crippen MR) is 96.1 cm³/mol. The molecule has 9 heteroatoms. The van der Waals surface area contributed by atoms with E-state index in [0.29, 0.717) is 21.0 Å². The molecule has 0 saturated heterocycles. The molecule has 0 heterocycles. The molecule has 0 spiro atoms. The quantitative estimate of drug-likeness (QED) is 0.743. The molecule has 0 fully saturated rings. The standard InChI is InChI=1S/C15H15BrClNO5S/c1-21-13-5-4-9(6-10(13)16)24(19,20)18-12-8-14(22-2)11(17)7-15(12)23-3/h4-8,18H,1-3H3. The first-order valence-corrected chi connectivity index (χ1v) is 9.25. The molecule has 0 atom stereocenters. The Labute approximate surface area is 153 Å². The van der Waals surface area contributed by atoms with Crippen molar-refractivity contribution in [2.24, 2.45) is 0 Å². The summed E-state index contributed by atoms with van der Waals surface area (Å²) >= 11 is 9.29. The highest BCUT2D eigenvalue weighted by atomic mass is 79.9. The zero-order chi connectivity index (χ0) is 17.9. The van der Waals surface area contributed by atoms with Crippen LogP contribution in [-0.4, -0.2) is 29.7 Å². The van der Waals surface area contributed by atoms with Gasteiger partial charge in [-0.2, -0.15) is 0 Å². The lowest BCUT2D eigenvalue weighted by Crippen LogP contribution is -2.14. The highest BCUT2D eigenvalue weighted by Gasteiger charge is 2.19. The highest BCUT2D eigenvalue weighted by molar-refractivity contribution is 9.10. The summed E-state index contributed by atoms with van der Waals surface area (Å²) in [4.78, 5) is 0.0612. The molecular weight excluding hydrogens is 422 g/mol. The summed E-state index contributed by atoms with van der Waals surface area (Å²) in [6, 6.07) is 7.37. The van der Waals surface area contributed by atoms with E-state index >= 15 is 0 Å². The monoisotopic (exact) mass is 435 g/mol. The van der Waals surface area contributed by atoms with Gasteiger partial charge in [-0.15, -0.1) is 0 Å². The number of sulfonamides is 1. The molecule has 1 N–H and O–H groups in total. The molecular formula is C15H15BrClNO5S. The van der Waals surface area contributed by atoms with Gasteiger partial charge in [0.2, 0.25) is 0 Å². The summed E-state index contributed by atoms with van der Waals surface area (Å²) in [5.74, 6) is 1.13. The Morgan fingerprint density at radius 1 is 0.958 bits per heavy atom. The Hall–Kier alpha value is -1.64. The van der Waals surface area contributed by atoms with Crippen LogP contribution in [0.1, 0.15) is 0 Å². The van der Waals surface area contributed by atoms with Gasteiger partial charge in [-0.1, -0.05) is 11.6 Å². The smallest absolute Gasteiger partial charge is 0.262 e. The molecule has 2 aromatic carbocycles. The van der Waals surface area contributed by atoms with Crippen LogP contribution in [0.5, 0.6) is 17.2 Å². The van der Waals surface area contributed by atoms with Crippen LogP contribution in [0, 0.1) is 0 Å². The van der Waals surface area contributed by atoms with Crippen molar-refractivity contribution in [1.82, 2.24) is 0 Å². The number of anilines is 1. The molecule has 0 bridgehead atoms. The van der Waals surface area contributed by atoms with E-state index in [1.165, 1.54) is 45.6 Å². The van der Waals surface area contributed by atoms with Gasteiger partial charge in [-0.05, 0) is 34.1 Å². The molecule has 6 nitrogen and oxygen atoms in total. The van der Waals surface area contributed by atoms with Crippen LogP contribution in [0.4, 0.5) is 5.69 Å². The molecule has 130 valence electrons.